The Hall–Kier alpha value is -0.890. The highest BCUT2D eigenvalue weighted by atomic mass is 15.1. The predicted octanol–water partition coefficient (Wildman–Crippen LogP) is 2.88. The lowest BCUT2D eigenvalue weighted by Crippen LogP contribution is -2.36. The molecule has 0 saturated carbocycles. The minimum atomic E-state index is 0.923. The summed E-state index contributed by atoms with van der Waals surface area (Å²) in [5.74, 6) is 0.935. The van der Waals surface area contributed by atoms with Gasteiger partial charge >= 0.3 is 0 Å². The smallest absolute Gasteiger partial charge is 0.0537 e. The minimum absolute atomic E-state index is 0.923. The molecule has 1 saturated heterocycles. The van der Waals surface area contributed by atoms with Crippen LogP contribution in [-0.4, -0.2) is 30.2 Å². The van der Waals surface area contributed by atoms with Gasteiger partial charge in [0.1, 0.15) is 0 Å². The number of aliphatic imine (C=N–C) groups is 1. The Kier molecular flexibility index (Phi) is 5.33. The number of hydrogen-bond acceptors (Lipinski definition) is 2. The summed E-state index contributed by atoms with van der Waals surface area (Å²) < 4.78 is 0. The van der Waals surface area contributed by atoms with Crippen LogP contribution in [0, 0.1) is 5.92 Å². The molecule has 0 bridgehead atoms. The number of hydrogen-bond donors (Lipinski definition) is 0. The molecule has 0 amide bonds. The van der Waals surface area contributed by atoms with Gasteiger partial charge < -0.3 is 0 Å². The fraction of sp³-hybridized carbons (Fsp3) is 0.615. The molecule has 2 heteroatoms. The molecule has 1 fully saturated rings. The maximum Gasteiger partial charge on any atom is 0.0537 e. The third-order valence-electron chi connectivity index (χ3n) is 3.16. The van der Waals surface area contributed by atoms with Crippen LogP contribution in [-0.2, 0) is 0 Å². The van der Waals surface area contributed by atoms with E-state index in [2.05, 4.69) is 30.0 Å². The molecule has 1 heterocycles. The van der Waals surface area contributed by atoms with Crippen LogP contribution >= 0.6 is 0 Å². The fourth-order valence-electron chi connectivity index (χ4n) is 2.06. The topological polar surface area (TPSA) is 15.6 Å². The van der Waals surface area contributed by atoms with Crippen LogP contribution in [0.15, 0.2) is 30.4 Å². The normalized spacial score (nSPS) is 20.2. The molecule has 0 N–H and O–H groups in total. The molecule has 2 nitrogen and oxygen atoms in total. The average Bonchev–Trinajstić information content (AvgIpc) is 2.29. The highest BCUT2D eigenvalue weighted by Gasteiger charge is 2.17. The van der Waals surface area contributed by atoms with E-state index in [9.17, 15) is 0 Å². The number of nitrogens with zero attached hydrogens (tertiary/aromatic N) is 2. The zero-order valence-corrected chi connectivity index (χ0v) is 9.78. The molecule has 15 heavy (non-hydrogen) atoms. The molecule has 0 atom stereocenters. The molecule has 1 rings (SSSR count). The number of piperidine rings is 1. The van der Waals surface area contributed by atoms with Crippen LogP contribution < -0.4 is 0 Å². The van der Waals surface area contributed by atoms with Gasteiger partial charge in [-0.25, -0.2) is 0 Å². The molecule has 84 valence electrons. The van der Waals surface area contributed by atoms with E-state index in [1.165, 1.54) is 32.4 Å². The SMILES string of the molecule is C=CN=C(C=C)CN1CCC(CC)CC1. The zero-order chi connectivity index (χ0) is 11.1. The number of rotatable bonds is 5. The molecule has 0 aromatic heterocycles. The molecule has 0 unspecified atom stereocenters. The molecule has 0 aromatic carbocycles. The minimum Gasteiger partial charge on any atom is -0.297 e. The summed E-state index contributed by atoms with van der Waals surface area (Å²) in [5.41, 5.74) is 1.03. The van der Waals surface area contributed by atoms with Gasteiger partial charge in [-0.3, -0.25) is 9.89 Å². The third kappa shape index (κ3) is 4.00. The van der Waals surface area contributed by atoms with Gasteiger partial charge in [0.05, 0.1) is 5.71 Å². The van der Waals surface area contributed by atoms with E-state index < -0.39 is 0 Å². The van der Waals surface area contributed by atoms with E-state index in [4.69, 9.17) is 0 Å². The summed E-state index contributed by atoms with van der Waals surface area (Å²) in [7, 11) is 0. The van der Waals surface area contributed by atoms with Gasteiger partial charge in [0, 0.05) is 12.7 Å². The quantitative estimate of drug-likeness (QED) is 0.632. The van der Waals surface area contributed by atoms with Gasteiger partial charge in [-0.05, 0) is 37.9 Å². The van der Waals surface area contributed by atoms with Crippen molar-refractivity contribution < 1.29 is 0 Å². The maximum atomic E-state index is 4.20. The largest absolute Gasteiger partial charge is 0.297 e. The van der Waals surface area contributed by atoms with Gasteiger partial charge in [0.15, 0.2) is 0 Å². The van der Waals surface area contributed by atoms with Gasteiger partial charge in [-0.1, -0.05) is 26.5 Å². The lowest BCUT2D eigenvalue weighted by Gasteiger charge is -2.31. The molecular weight excluding hydrogens is 184 g/mol. The van der Waals surface area contributed by atoms with Crippen molar-refractivity contribution in [1.29, 1.82) is 0 Å². The lowest BCUT2D eigenvalue weighted by molar-refractivity contribution is 0.203. The lowest BCUT2D eigenvalue weighted by atomic mass is 9.94. The molecule has 0 aliphatic carbocycles. The van der Waals surface area contributed by atoms with Crippen LogP contribution in [0.2, 0.25) is 0 Å². The Morgan fingerprint density at radius 3 is 2.53 bits per heavy atom. The second-order valence-electron chi connectivity index (χ2n) is 4.13. The van der Waals surface area contributed by atoms with Crippen molar-refractivity contribution in [3.8, 4) is 0 Å². The summed E-state index contributed by atoms with van der Waals surface area (Å²) in [6, 6.07) is 0. The van der Waals surface area contributed by atoms with E-state index in [0.717, 1.165) is 18.2 Å². The highest BCUT2D eigenvalue weighted by Crippen LogP contribution is 2.19. The van der Waals surface area contributed by atoms with Crippen molar-refractivity contribution in [3.63, 3.8) is 0 Å². The first-order valence-electron chi connectivity index (χ1n) is 5.82. The van der Waals surface area contributed by atoms with Crippen molar-refractivity contribution in [2.45, 2.75) is 26.2 Å². The van der Waals surface area contributed by atoms with Crippen molar-refractivity contribution in [3.05, 3.63) is 25.4 Å². The summed E-state index contributed by atoms with van der Waals surface area (Å²) >= 11 is 0. The Bertz CT molecular complexity index is 235. The fourth-order valence-corrected chi connectivity index (χ4v) is 2.06. The monoisotopic (exact) mass is 206 g/mol. The van der Waals surface area contributed by atoms with E-state index in [1.807, 2.05) is 6.08 Å². The Balaban J connectivity index is 2.37. The second-order valence-corrected chi connectivity index (χ2v) is 4.13. The van der Waals surface area contributed by atoms with Crippen molar-refractivity contribution in [1.82, 2.24) is 4.90 Å². The van der Waals surface area contributed by atoms with Crippen LogP contribution in [0.5, 0.6) is 0 Å². The van der Waals surface area contributed by atoms with Crippen LogP contribution in [0.1, 0.15) is 26.2 Å². The predicted molar refractivity (Wildman–Crippen MR) is 67.3 cm³/mol. The maximum absolute atomic E-state index is 4.20. The van der Waals surface area contributed by atoms with E-state index in [0.29, 0.717) is 0 Å². The van der Waals surface area contributed by atoms with Crippen molar-refractivity contribution in [2.24, 2.45) is 10.9 Å². The van der Waals surface area contributed by atoms with Gasteiger partial charge in [0.25, 0.3) is 0 Å². The van der Waals surface area contributed by atoms with E-state index >= 15 is 0 Å². The molecule has 0 radical (unpaired) electrons. The van der Waals surface area contributed by atoms with Gasteiger partial charge in [-0.2, -0.15) is 0 Å². The van der Waals surface area contributed by atoms with Crippen LogP contribution in [0.25, 0.3) is 0 Å². The molecule has 0 spiro atoms. The molecule has 1 aliphatic heterocycles. The summed E-state index contributed by atoms with van der Waals surface area (Å²) in [5, 5.41) is 0. The third-order valence-corrected chi connectivity index (χ3v) is 3.16. The number of likely N-dealkylation sites (tertiary alicyclic amines) is 1. The van der Waals surface area contributed by atoms with Gasteiger partial charge in [-0.15, -0.1) is 0 Å². The average molecular weight is 206 g/mol. The highest BCUT2D eigenvalue weighted by molar-refractivity contribution is 5.96. The first kappa shape index (κ1) is 12.2. The summed E-state index contributed by atoms with van der Waals surface area (Å²) in [4.78, 5) is 6.65. The van der Waals surface area contributed by atoms with Crippen LogP contribution in [0.4, 0.5) is 0 Å². The summed E-state index contributed by atoms with van der Waals surface area (Å²) in [6.45, 7) is 13.0. The first-order chi connectivity index (χ1) is 7.30. The Morgan fingerprint density at radius 1 is 1.40 bits per heavy atom. The standard InChI is InChI=1S/C13H22N2/c1-4-12-7-9-15(10-8-12)11-13(5-2)14-6-3/h5-6,12H,2-4,7-11H2,1H3. The van der Waals surface area contributed by atoms with E-state index in [1.54, 1.807) is 6.20 Å². The Labute approximate surface area is 93.4 Å². The Morgan fingerprint density at radius 2 is 2.07 bits per heavy atom. The molecule has 1 aliphatic rings. The molecule has 0 aromatic rings. The van der Waals surface area contributed by atoms with Crippen molar-refractivity contribution >= 4 is 5.71 Å². The first-order valence-corrected chi connectivity index (χ1v) is 5.82. The van der Waals surface area contributed by atoms with Crippen molar-refractivity contribution in [2.75, 3.05) is 19.6 Å². The zero-order valence-electron chi connectivity index (χ0n) is 9.78. The second kappa shape index (κ2) is 6.57. The van der Waals surface area contributed by atoms with E-state index in [-0.39, 0.29) is 0 Å². The van der Waals surface area contributed by atoms with Crippen LogP contribution in [0.3, 0.4) is 0 Å². The summed E-state index contributed by atoms with van der Waals surface area (Å²) in [6.07, 6.45) is 7.40. The van der Waals surface area contributed by atoms with Gasteiger partial charge in [0.2, 0.25) is 0 Å². The molecular formula is C13H22N2.